The fourth-order valence-electron chi connectivity index (χ4n) is 1.90. The highest BCUT2D eigenvalue weighted by Gasteiger charge is 2.30. The lowest BCUT2D eigenvalue weighted by atomic mass is 10.2. The minimum absolute atomic E-state index is 0.0361. The number of aromatic nitrogens is 1. The molecule has 0 saturated carbocycles. The minimum Gasteiger partial charge on any atom is -0.464 e. The highest BCUT2D eigenvalue weighted by molar-refractivity contribution is 9.09. The van der Waals surface area contributed by atoms with Gasteiger partial charge in [0.25, 0.3) is 0 Å². The minimum atomic E-state index is -0.500. The number of amides is 1. The first-order valence-electron chi connectivity index (χ1n) is 5.57. The molecule has 1 fully saturated rings. The number of alkyl halides is 1. The van der Waals surface area contributed by atoms with Crippen LogP contribution >= 0.6 is 15.9 Å². The van der Waals surface area contributed by atoms with Crippen LogP contribution in [-0.4, -0.2) is 35.8 Å². The van der Waals surface area contributed by atoms with Crippen LogP contribution < -0.4 is 4.90 Å². The largest absolute Gasteiger partial charge is 0.464 e. The Morgan fingerprint density at radius 3 is 3.00 bits per heavy atom. The van der Waals surface area contributed by atoms with Crippen LogP contribution in [-0.2, 0) is 9.53 Å². The Labute approximate surface area is 113 Å². The molecule has 1 amide bonds. The molecule has 0 radical (unpaired) electrons. The molecule has 0 aromatic carbocycles. The number of methoxy groups -OCH3 is 1. The van der Waals surface area contributed by atoms with Crippen molar-refractivity contribution in [3.05, 3.63) is 23.9 Å². The van der Waals surface area contributed by atoms with E-state index in [4.69, 9.17) is 0 Å². The Balaban J connectivity index is 2.24. The van der Waals surface area contributed by atoms with Gasteiger partial charge in [0.15, 0.2) is 5.69 Å². The van der Waals surface area contributed by atoms with E-state index in [0.717, 1.165) is 5.33 Å². The molecule has 2 heterocycles. The van der Waals surface area contributed by atoms with Gasteiger partial charge in [-0.1, -0.05) is 22.0 Å². The summed E-state index contributed by atoms with van der Waals surface area (Å²) in [6.45, 7) is 0.627. The molecule has 0 aliphatic carbocycles. The molecule has 1 unspecified atom stereocenters. The standard InChI is InChI=1S/C12H13BrN2O3/c1-18-12(17)9-3-2-4-10(14-9)15-7-8(6-13)5-11(15)16/h2-4,8H,5-7H2,1H3. The van der Waals surface area contributed by atoms with Crippen molar-refractivity contribution >= 4 is 33.6 Å². The van der Waals surface area contributed by atoms with Crippen molar-refractivity contribution in [2.24, 2.45) is 5.92 Å². The van der Waals surface area contributed by atoms with Gasteiger partial charge in [0, 0.05) is 18.3 Å². The van der Waals surface area contributed by atoms with Gasteiger partial charge in [-0.3, -0.25) is 9.69 Å². The Morgan fingerprint density at radius 2 is 2.39 bits per heavy atom. The topological polar surface area (TPSA) is 59.5 Å². The lowest BCUT2D eigenvalue weighted by Crippen LogP contribution is -2.26. The van der Waals surface area contributed by atoms with Gasteiger partial charge < -0.3 is 4.74 Å². The van der Waals surface area contributed by atoms with Crippen LogP contribution in [0.4, 0.5) is 5.82 Å². The van der Waals surface area contributed by atoms with Crippen LogP contribution in [0.15, 0.2) is 18.2 Å². The summed E-state index contributed by atoms with van der Waals surface area (Å²) >= 11 is 3.38. The molecule has 1 aromatic rings. The molecule has 0 bridgehead atoms. The smallest absolute Gasteiger partial charge is 0.356 e. The van der Waals surface area contributed by atoms with Crippen molar-refractivity contribution in [2.45, 2.75) is 6.42 Å². The van der Waals surface area contributed by atoms with E-state index < -0.39 is 5.97 Å². The number of hydrogen-bond donors (Lipinski definition) is 0. The fraction of sp³-hybridized carbons (Fsp3) is 0.417. The normalized spacial score (nSPS) is 19.1. The van der Waals surface area contributed by atoms with Gasteiger partial charge >= 0.3 is 5.97 Å². The zero-order chi connectivity index (χ0) is 13.1. The van der Waals surface area contributed by atoms with Crippen LogP contribution in [0.1, 0.15) is 16.9 Å². The molecular weight excluding hydrogens is 300 g/mol. The van der Waals surface area contributed by atoms with Crippen molar-refractivity contribution in [2.75, 3.05) is 23.9 Å². The Morgan fingerprint density at radius 1 is 1.61 bits per heavy atom. The number of pyridine rings is 1. The molecule has 96 valence electrons. The summed E-state index contributed by atoms with van der Waals surface area (Å²) in [5.41, 5.74) is 0.213. The first-order chi connectivity index (χ1) is 8.65. The maximum Gasteiger partial charge on any atom is 0.356 e. The highest BCUT2D eigenvalue weighted by atomic mass is 79.9. The molecule has 0 N–H and O–H groups in total. The summed E-state index contributed by atoms with van der Waals surface area (Å²) in [6.07, 6.45) is 0.509. The van der Waals surface area contributed by atoms with E-state index in [1.165, 1.54) is 7.11 Å². The predicted octanol–water partition coefficient (Wildman–Crippen LogP) is 1.62. The number of hydrogen-bond acceptors (Lipinski definition) is 4. The van der Waals surface area contributed by atoms with Crippen molar-refractivity contribution in [1.82, 2.24) is 4.98 Å². The number of halogens is 1. The van der Waals surface area contributed by atoms with Gasteiger partial charge in [-0.2, -0.15) is 0 Å². The third kappa shape index (κ3) is 2.53. The van der Waals surface area contributed by atoms with Gasteiger partial charge in [0.05, 0.1) is 7.11 Å². The van der Waals surface area contributed by atoms with E-state index in [0.29, 0.717) is 24.7 Å². The average molecular weight is 313 g/mol. The Kier molecular flexibility index (Phi) is 3.96. The summed E-state index contributed by atoms with van der Waals surface area (Å²) in [5.74, 6) is 0.335. The monoisotopic (exact) mass is 312 g/mol. The number of esters is 1. The van der Waals surface area contributed by atoms with Gasteiger partial charge in [-0.05, 0) is 18.1 Å². The third-order valence-corrected chi connectivity index (χ3v) is 3.74. The average Bonchev–Trinajstić information content (AvgIpc) is 2.79. The summed E-state index contributed by atoms with van der Waals surface area (Å²) in [4.78, 5) is 29.0. The predicted molar refractivity (Wildman–Crippen MR) is 69.8 cm³/mol. The second kappa shape index (κ2) is 5.48. The van der Waals surface area contributed by atoms with Crippen LogP contribution in [0.3, 0.4) is 0 Å². The molecule has 1 aliphatic rings. The second-order valence-electron chi connectivity index (χ2n) is 4.10. The number of ether oxygens (including phenoxy) is 1. The van der Waals surface area contributed by atoms with E-state index >= 15 is 0 Å². The van der Waals surface area contributed by atoms with E-state index in [1.807, 2.05) is 0 Å². The van der Waals surface area contributed by atoms with E-state index in [9.17, 15) is 9.59 Å². The molecule has 6 heteroatoms. The molecule has 1 aromatic heterocycles. The number of anilines is 1. The number of carbonyl (C=O) groups is 2. The Hall–Kier alpha value is -1.43. The SMILES string of the molecule is COC(=O)c1cccc(N2CC(CBr)CC2=O)n1. The second-order valence-corrected chi connectivity index (χ2v) is 4.75. The first-order valence-corrected chi connectivity index (χ1v) is 6.69. The van der Waals surface area contributed by atoms with Crippen LogP contribution in [0, 0.1) is 5.92 Å². The molecule has 1 atom stereocenters. The lowest BCUT2D eigenvalue weighted by Gasteiger charge is -2.15. The van der Waals surface area contributed by atoms with Gasteiger partial charge in [-0.15, -0.1) is 0 Å². The fourth-order valence-corrected chi connectivity index (χ4v) is 2.33. The number of nitrogens with zero attached hydrogens (tertiary/aromatic N) is 2. The van der Waals surface area contributed by atoms with Crippen molar-refractivity contribution in [1.29, 1.82) is 0 Å². The molecule has 1 aliphatic heterocycles. The molecule has 1 saturated heterocycles. The van der Waals surface area contributed by atoms with Crippen LogP contribution in [0.5, 0.6) is 0 Å². The van der Waals surface area contributed by atoms with Gasteiger partial charge in [-0.25, -0.2) is 9.78 Å². The zero-order valence-corrected chi connectivity index (χ0v) is 11.5. The molecular formula is C12H13BrN2O3. The molecule has 2 rings (SSSR count). The maximum atomic E-state index is 11.8. The third-order valence-electron chi connectivity index (χ3n) is 2.83. The summed E-state index contributed by atoms with van der Waals surface area (Å²) in [7, 11) is 1.30. The van der Waals surface area contributed by atoms with Crippen molar-refractivity contribution in [3.63, 3.8) is 0 Å². The number of rotatable bonds is 3. The molecule has 0 spiro atoms. The lowest BCUT2D eigenvalue weighted by molar-refractivity contribution is -0.117. The van der Waals surface area contributed by atoms with Crippen LogP contribution in [0.2, 0.25) is 0 Å². The molecule has 5 nitrogen and oxygen atoms in total. The first kappa shape index (κ1) is 13.0. The number of carbonyl (C=O) groups excluding carboxylic acids is 2. The van der Waals surface area contributed by atoms with Gasteiger partial charge in [0.1, 0.15) is 5.82 Å². The highest BCUT2D eigenvalue weighted by Crippen LogP contribution is 2.24. The Bertz CT molecular complexity index is 478. The van der Waals surface area contributed by atoms with E-state index in [2.05, 4.69) is 25.7 Å². The zero-order valence-electron chi connectivity index (χ0n) is 9.93. The van der Waals surface area contributed by atoms with Crippen LogP contribution in [0.25, 0.3) is 0 Å². The van der Waals surface area contributed by atoms with Gasteiger partial charge in [0.2, 0.25) is 5.91 Å². The quantitative estimate of drug-likeness (QED) is 0.628. The van der Waals surface area contributed by atoms with Crippen molar-refractivity contribution < 1.29 is 14.3 Å². The van der Waals surface area contributed by atoms with Crippen molar-refractivity contribution in [3.8, 4) is 0 Å². The maximum absolute atomic E-state index is 11.8. The summed E-state index contributed by atoms with van der Waals surface area (Å²) in [5, 5.41) is 0.784. The van der Waals surface area contributed by atoms with E-state index in [-0.39, 0.29) is 11.6 Å². The van der Waals surface area contributed by atoms with E-state index in [1.54, 1.807) is 23.1 Å². The summed E-state index contributed by atoms with van der Waals surface area (Å²) < 4.78 is 4.61. The molecule has 18 heavy (non-hydrogen) atoms. The summed E-state index contributed by atoms with van der Waals surface area (Å²) in [6, 6.07) is 4.99.